The molecular weight excluding hydrogens is 377 g/mol. The van der Waals surface area contributed by atoms with Crippen LogP contribution in [0.3, 0.4) is 0 Å². The summed E-state index contributed by atoms with van der Waals surface area (Å²) in [4.78, 5) is 43.6. The van der Waals surface area contributed by atoms with Crippen LogP contribution in [0.5, 0.6) is 0 Å². The molecule has 5 heterocycles. The first-order valence-electron chi connectivity index (χ1n) is 10.4. The first-order valence-corrected chi connectivity index (χ1v) is 10.4. The molecule has 5 aliphatic heterocycles. The standard InChI is InChI=1S/C21H22FN3O4/c22-11-5-6-14-13(9-11)21(20(28)23-14)17-16(15-4-1-7-25(15)21)18(26)24(19(17)27)10-12-3-2-8-29-12/h5-6,9,12,15-17H,1-4,7-8,10H2,(H,23,28)/t12?,15-,16-,17+,21+/m1/s1. The summed E-state index contributed by atoms with van der Waals surface area (Å²) in [5.41, 5.74) is -0.288. The van der Waals surface area contributed by atoms with Gasteiger partial charge in [-0.05, 0) is 50.4 Å². The molecule has 1 N–H and O–H groups in total. The minimum Gasteiger partial charge on any atom is -0.376 e. The number of fused-ring (bicyclic) bond motifs is 7. The van der Waals surface area contributed by atoms with Crippen molar-refractivity contribution in [1.82, 2.24) is 9.80 Å². The Morgan fingerprint density at radius 1 is 1.17 bits per heavy atom. The average Bonchev–Trinajstić information content (AvgIpc) is 3.47. The molecule has 1 spiro atoms. The van der Waals surface area contributed by atoms with Crippen molar-refractivity contribution in [3.05, 3.63) is 29.6 Å². The summed E-state index contributed by atoms with van der Waals surface area (Å²) in [6.45, 7) is 1.50. The predicted octanol–water partition coefficient (Wildman–Crippen LogP) is 1.23. The van der Waals surface area contributed by atoms with Crippen molar-refractivity contribution in [2.24, 2.45) is 11.8 Å². The Morgan fingerprint density at radius 3 is 2.83 bits per heavy atom. The van der Waals surface area contributed by atoms with Crippen LogP contribution in [-0.4, -0.2) is 59.4 Å². The molecule has 7 nitrogen and oxygen atoms in total. The molecule has 4 saturated heterocycles. The Balaban J connectivity index is 1.48. The Morgan fingerprint density at radius 2 is 2.03 bits per heavy atom. The third kappa shape index (κ3) is 2.06. The number of anilines is 1. The van der Waals surface area contributed by atoms with Crippen LogP contribution in [0, 0.1) is 17.7 Å². The number of carbonyl (C=O) groups excluding carboxylic acids is 3. The Hall–Kier alpha value is -2.32. The van der Waals surface area contributed by atoms with Gasteiger partial charge in [0.2, 0.25) is 17.7 Å². The number of benzene rings is 1. The lowest BCUT2D eigenvalue weighted by Crippen LogP contribution is -2.54. The number of ether oxygens (including phenoxy) is 1. The van der Waals surface area contributed by atoms with Crippen LogP contribution in [0.1, 0.15) is 31.2 Å². The van der Waals surface area contributed by atoms with E-state index in [4.69, 9.17) is 4.74 Å². The molecule has 0 aliphatic carbocycles. The molecule has 29 heavy (non-hydrogen) atoms. The van der Waals surface area contributed by atoms with Crippen molar-refractivity contribution in [1.29, 1.82) is 0 Å². The minimum atomic E-state index is -1.30. The predicted molar refractivity (Wildman–Crippen MR) is 99.1 cm³/mol. The van der Waals surface area contributed by atoms with E-state index in [0.29, 0.717) is 24.4 Å². The zero-order chi connectivity index (χ0) is 19.9. The van der Waals surface area contributed by atoms with Crippen molar-refractivity contribution in [3.63, 3.8) is 0 Å². The van der Waals surface area contributed by atoms with Crippen molar-refractivity contribution < 1.29 is 23.5 Å². The van der Waals surface area contributed by atoms with E-state index < -0.39 is 23.2 Å². The second-order valence-electron chi connectivity index (χ2n) is 8.74. The largest absolute Gasteiger partial charge is 0.376 e. The minimum absolute atomic E-state index is 0.139. The molecule has 4 fully saturated rings. The van der Waals surface area contributed by atoms with Gasteiger partial charge >= 0.3 is 0 Å². The highest BCUT2D eigenvalue weighted by atomic mass is 19.1. The van der Waals surface area contributed by atoms with Crippen LogP contribution in [0.25, 0.3) is 0 Å². The third-order valence-electron chi connectivity index (χ3n) is 7.46. The topological polar surface area (TPSA) is 79.0 Å². The normalized spacial score (nSPS) is 38.1. The number of imide groups is 1. The van der Waals surface area contributed by atoms with Gasteiger partial charge in [-0.15, -0.1) is 0 Å². The second kappa shape index (κ2) is 5.86. The zero-order valence-electron chi connectivity index (χ0n) is 15.9. The first-order chi connectivity index (χ1) is 14.0. The fourth-order valence-electron chi connectivity index (χ4n) is 6.41. The maximum atomic E-state index is 14.2. The van der Waals surface area contributed by atoms with Gasteiger partial charge in [0.15, 0.2) is 0 Å². The number of amides is 3. The van der Waals surface area contributed by atoms with Gasteiger partial charge in [0.1, 0.15) is 11.4 Å². The smallest absolute Gasteiger partial charge is 0.250 e. The van der Waals surface area contributed by atoms with Crippen LogP contribution < -0.4 is 5.32 Å². The van der Waals surface area contributed by atoms with E-state index in [2.05, 4.69) is 5.32 Å². The Kier molecular flexibility index (Phi) is 3.54. The van der Waals surface area contributed by atoms with Crippen molar-refractivity contribution in [3.8, 4) is 0 Å². The lowest BCUT2D eigenvalue weighted by Gasteiger charge is -2.36. The highest BCUT2D eigenvalue weighted by molar-refractivity contribution is 6.15. The molecule has 0 bridgehead atoms. The number of carbonyl (C=O) groups is 3. The summed E-state index contributed by atoms with van der Waals surface area (Å²) in [7, 11) is 0. The molecule has 0 saturated carbocycles. The zero-order valence-corrected chi connectivity index (χ0v) is 15.9. The van der Waals surface area contributed by atoms with E-state index in [1.807, 2.05) is 4.90 Å². The third-order valence-corrected chi connectivity index (χ3v) is 7.46. The number of rotatable bonds is 2. The van der Waals surface area contributed by atoms with Crippen molar-refractivity contribution >= 4 is 23.4 Å². The first kappa shape index (κ1) is 17.5. The van der Waals surface area contributed by atoms with Crippen LogP contribution in [0.15, 0.2) is 18.2 Å². The van der Waals surface area contributed by atoms with E-state index in [0.717, 1.165) is 25.7 Å². The molecule has 1 aromatic rings. The van der Waals surface area contributed by atoms with Gasteiger partial charge in [0.05, 0.1) is 24.5 Å². The van der Waals surface area contributed by atoms with E-state index in [-0.39, 0.29) is 36.4 Å². The van der Waals surface area contributed by atoms with Crippen LogP contribution in [0.2, 0.25) is 0 Å². The highest BCUT2D eigenvalue weighted by Gasteiger charge is 2.74. The lowest BCUT2D eigenvalue weighted by molar-refractivity contribution is -0.147. The van der Waals surface area contributed by atoms with Crippen LogP contribution >= 0.6 is 0 Å². The van der Waals surface area contributed by atoms with Gasteiger partial charge in [-0.1, -0.05) is 0 Å². The maximum Gasteiger partial charge on any atom is 0.250 e. The van der Waals surface area contributed by atoms with Gasteiger partial charge in [0, 0.05) is 23.9 Å². The lowest BCUT2D eigenvalue weighted by atomic mass is 9.75. The van der Waals surface area contributed by atoms with Gasteiger partial charge in [0.25, 0.3) is 0 Å². The number of halogens is 1. The molecule has 8 heteroatoms. The summed E-state index contributed by atoms with van der Waals surface area (Å²) in [6, 6.07) is 4.02. The average molecular weight is 399 g/mol. The van der Waals surface area contributed by atoms with Gasteiger partial charge in [-0.25, -0.2) is 4.39 Å². The highest BCUT2D eigenvalue weighted by Crippen LogP contribution is 2.60. The monoisotopic (exact) mass is 399 g/mol. The van der Waals surface area contributed by atoms with E-state index in [1.165, 1.54) is 17.0 Å². The SMILES string of the molecule is O=C1[C@@H]2[C@H]3CCCN3[C@]3(C(=O)Nc4ccc(F)cc43)[C@@H]2C(=O)N1CC1CCCO1. The van der Waals surface area contributed by atoms with Crippen molar-refractivity contribution in [2.75, 3.05) is 25.0 Å². The number of nitrogens with zero attached hydrogens (tertiary/aromatic N) is 2. The molecule has 0 aromatic heterocycles. The summed E-state index contributed by atoms with van der Waals surface area (Å²) in [6.07, 6.45) is 3.21. The fraction of sp³-hybridized carbons (Fsp3) is 0.571. The molecule has 1 unspecified atom stereocenters. The molecule has 0 radical (unpaired) electrons. The summed E-state index contributed by atoms with van der Waals surface area (Å²) in [5, 5.41) is 2.85. The number of nitrogens with one attached hydrogen (secondary N) is 1. The fourth-order valence-corrected chi connectivity index (χ4v) is 6.41. The van der Waals surface area contributed by atoms with E-state index >= 15 is 0 Å². The van der Waals surface area contributed by atoms with Gasteiger partial charge in [-0.3, -0.25) is 24.2 Å². The van der Waals surface area contributed by atoms with Crippen LogP contribution in [-0.2, 0) is 24.7 Å². The molecule has 5 atom stereocenters. The Labute approximate surface area is 167 Å². The molecule has 152 valence electrons. The second-order valence-corrected chi connectivity index (χ2v) is 8.74. The number of likely N-dealkylation sites (tertiary alicyclic amines) is 1. The summed E-state index contributed by atoms with van der Waals surface area (Å²) >= 11 is 0. The molecular formula is C21H22FN3O4. The van der Waals surface area contributed by atoms with Gasteiger partial charge in [-0.2, -0.15) is 0 Å². The van der Waals surface area contributed by atoms with Crippen LogP contribution in [0.4, 0.5) is 10.1 Å². The molecule has 1 aromatic carbocycles. The maximum absolute atomic E-state index is 14.2. The summed E-state index contributed by atoms with van der Waals surface area (Å²) in [5.74, 6) is -2.68. The summed E-state index contributed by atoms with van der Waals surface area (Å²) < 4.78 is 19.8. The molecule has 3 amide bonds. The van der Waals surface area contributed by atoms with Crippen molar-refractivity contribution in [2.45, 2.75) is 43.4 Å². The number of hydrogen-bond donors (Lipinski definition) is 1. The van der Waals surface area contributed by atoms with Gasteiger partial charge < -0.3 is 10.1 Å². The van der Waals surface area contributed by atoms with E-state index in [9.17, 15) is 18.8 Å². The number of hydrogen-bond acceptors (Lipinski definition) is 5. The molecule has 5 aliphatic rings. The Bertz CT molecular complexity index is 946. The molecule has 6 rings (SSSR count). The van der Waals surface area contributed by atoms with E-state index in [1.54, 1.807) is 6.07 Å². The quantitative estimate of drug-likeness (QED) is 0.757.